The number of rotatable bonds is 7. The van der Waals surface area contributed by atoms with Crippen LogP contribution in [0.4, 0.5) is 0 Å². The molecule has 0 aliphatic carbocycles. The monoisotopic (exact) mass is 230 g/mol. The molecule has 0 saturated carbocycles. The van der Waals surface area contributed by atoms with E-state index in [2.05, 4.69) is 11.3 Å². The van der Waals surface area contributed by atoms with Gasteiger partial charge in [0.05, 0.1) is 0 Å². The second-order valence-corrected chi connectivity index (χ2v) is 3.30. The summed E-state index contributed by atoms with van der Waals surface area (Å²) in [4.78, 5) is 31.9. The van der Waals surface area contributed by atoms with Crippen LogP contribution in [0.5, 0.6) is 0 Å². The van der Waals surface area contributed by atoms with E-state index in [9.17, 15) is 14.4 Å². The first-order valence-corrected chi connectivity index (χ1v) is 4.65. The third kappa shape index (κ3) is 5.79. The van der Waals surface area contributed by atoms with Crippen molar-refractivity contribution in [2.45, 2.75) is 32.3 Å². The topological polar surface area (TPSA) is 101 Å². The minimum atomic E-state index is -1.32. The van der Waals surface area contributed by atoms with Crippen LogP contribution >= 0.6 is 0 Å². The van der Waals surface area contributed by atoms with E-state index in [-0.39, 0.29) is 24.8 Å². The number of esters is 1. The Hall–Kier alpha value is -1.85. The molecule has 0 fully saturated rings. The summed E-state index contributed by atoms with van der Waals surface area (Å²) in [5, 5.41) is 17.1. The van der Waals surface area contributed by atoms with Gasteiger partial charge in [0.1, 0.15) is 0 Å². The highest BCUT2D eigenvalue weighted by atomic mass is 16.6. The van der Waals surface area contributed by atoms with Crippen molar-refractivity contribution in [3.8, 4) is 0 Å². The third-order valence-corrected chi connectivity index (χ3v) is 1.73. The van der Waals surface area contributed by atoms with E-state index in [0.717, 1.165) is 0 Å². The molecule has 0 aromatic rings. The van der Waals surface area contributed by atoms with Crippen molar-refractivity contribution in [1.29, 1.82) is 0 Å². The number of hydrogen-bond donors (Lipinski definition) is 2. The largest absolute Gasteiger partial charge is 0.481 e. The van der Waals surface area contributed by atoms with E-state index in [1.165, 1.54) is 6.92 Å². The summed E-state index contributed by atoms with van der Waals surface area (Å²) >= 11 is 0. The van der Waals surface area contributed by atoms with Crippen molar-refractivity contribution in [2.24, 2.45) is 0 Å². The van der Waals surface area contributed by atoms with Crippen LogP contribution < -0.4 is 0 Å². The number of aliphatic carboxylic acids is 2. The maximum atomic E-state index is 11.1. The highest BCUT2D eigenvalue weighted by Gasteiger charge is 2.22. The summed E-state index contributed by atoms with van der Waals surface area (Å²) in [5.41, 5.74) is 0.101. The van der Waals surface area contributed by atoms with Gasteiger partial charge in [-0.3, -0.25) is 4.79 Å². The smallest absolute Gasteiger partial charge is 0.345 e. The van der Waals surface area contributed by atoms with Gasteiger partial charge in [0.25, 0.3) is 0 Å². The Morgan fingerprint density at radius 3 is 2.25 bits per heavy atom. The number of hydrogen-bond acceptors (Lipinski definition) is 4. The molecule has 0 spiro atoms. The molecule has 0 bridgehead atoms. The Morgan fingerprint density at radius 1 is 1.31 bits per heavy atom. The van der Waals surface area contributed by atoms with E-state index < -0.39 is 24.0 Å². The Morgan fingerprint density at radius 2 is 1.88 bits per heavy atom. The van der Waals surface area contributed by atoms with Crippen LogP contribution in [0.15, 0.2) is 12.2 Å². The molecule has 0 amide bonds. The molecule has 1 atom stereocenters. The lowest BCUT2D eigenvalue weighted by Crippen LogP contribution is -2.27. The Balaban J connectivity index is 4.18. The zero-order valence-corrected chi connectivity index (χ0v) is 8.93. The standard InChI is InChI=1S/C10H14O6/c1-6(2)10(15)16-7(9(13)14)4-3-5-8(11)12/h7H,1,3-5H2,2H3,(H,11,12)(H,13,14). The van der Waals surface area contributed by atoms with E-state index in [1.807, 2.05) is 0 Å². The molecule has 0 aromatic carbocycles. The fourth-order valence-electron chi connectivity index (χ4n) is 0.901. The lowest BCUT2D eigenvalue weighted by molar-refractivity contribution is -0.161. The van der Waals surface area contributed by atoms with Crippen molar-refractivity contribution >= 4 is 17.9 Å². The average Bonchev–Trinajstić information content (AvgIpc) is 2.14. The first-order valence-electron chi connectivity index (χ1n) is 4.65. The molecule has 0 aliphatic rings. The maximum absolute atomic E-state index is 11.1. The van der Waals surface area contributed by atoms with E-state index in [0.29, 0.717) is 0 Å². The van der Waals surface area contributed by atoms with Gasteiger partial charge in [-0.15, -0.1) is 0 Å². The number of carboxylic acids is 2. The fraction of sp³-hybridized carbons (Fsp3) is 0.500. The molecule has 16 heavy (non-hydrogen) atoms. The minimum Gasteiger partial charge on any atom is -0.481 e. The van der Waals surface area contributed by atoms with E-state index in [1.54, 1.807) is 0 Å². The minimum absolute atomic E-state index is 0.0271. The molecule has 1 unspecified atom stereocenters. The van der Waals surface area contributed by atoms with Gasteiger partial charge in [0.15, 0.2) is 6.10 Å². The predicted molar refractivity (Wildman–Crippen MR) is 53.8 cm³/mol. The van der Waals surface area contributed by atoms with Crippen molar-refractivity contribution < 1.29 is 29.3 Å². The van der Waals surface area contributed by atoms with Crippen molar-refractivity contribution in [2.75, 3.05) is 0 Å². The summed E-state index contributed by atoms with van der Waals surface area (Å²) in [6, 6.07) is 0. The Labute approximate surface area is 92.5 Å². The second kappa shape index (κ2) is 6.60. The third-order valence-electron chi connectivity index (χ3n) is 1.73. The second-order valence-electron chi connectivity index (χ2n) is 3.30. The zero-order chi connectivity index (χ0) is 12.7. The van der Waals surface area contributed by atoms with Crippen molar-refractivity contribution in [3.63, 3.8) is 0 Å². The molecule has 6 nitrogen and oxygen atoms in total. The molecule has 0 heterocycles. The summed E-state index contributed by atoms with van der Waals surface area (Å²) < 4.78 is 4.62. The summed E-state index contributed by atoms with van der Waals surface area (Å²) in [6.45, 7) is 4.72. The molecule has 0 saturated heterocycles. The average molecular weight is 230 g/mol. The summed E-state index contributed by atoms with van der Waals surface area (Å²) in [7, 11) is 0. The number of ether oxygens (including phenoxy) is 1. The maximum Gasteiger partial charge on any atom is 0.345 e. The first kappa shape index (κ1) is 14.2. The highest BCUT2D eigenvalue weighted by Crippen LogP contribution is 2.08. The lowest BCUT2D eigenvalue weighted by Gasteiger charge is -2.12. The number of carbonyl (C=O) groups excluding carboxylic acids is 1. The molecule has 0 aliphatic heterocycles. The normalized spacial score (nSPS) is 11.6. The molecule has 6 heteroatoms. The van der Waals surface area contributed by atoms with E-state index in [4.69, 9.17) is 10.2 Å². The van der Waals surface area contributed by atoms with Crippen molar-refractivity contribution in [1.82, 2.24) is 0 Å². The van der Waals surface area contributed by atoms with Gasteiger partial charge in [-0.1, -0.05) is 6.58 Å². The Kier molecular flexibility index (Phi) is 5.84. The molecule has 0 rings (SSSR count). The molecule has 2 N–H and O–H groups in total. The van der Waals surface area contributed by atoms with Crippen LogP contribution in [0.3, 0.4) is 0 Å². The number of carboxylic acid groups (broad SMARTS) is 2. The van der Waals surface area contributed by atoms with Gasteiger partial charge in [0, 0.05) is 12.0 Å². The van der Waals surface area contributed by atoms with Gasteiger partial charge in [-0.25, -0.2) is 9.59 Å². The zero-order valence-electron chi connectivity index (χ0n) is 8.93. The van der Waals surface area contributed by atoms with Crippen LogP contribution in [0.2, 0.25) is 0 Å². The van der Waals surface area contributed by atoms with Gasteiger partial charge in [0.2, 0.25) is 0 Å². The van der Waals surface area contributed by atoms with Crippen LogP contribution in [0.25, 0.3) is 0 Å². The molecular formula is C10H14O6. The van der Waals surface area contributed by atoms with Crippen LogP contribution in [0, 0.1) is 0 Å². The quantitative estimate of drug-likeness (QED) is 0.496. The molecular weight excluding hydrogens is 216 g/mol. The summed E-state index contributed by atoms with van der Waals surface area (Å²) in [6.07, 6.45) is -1.37. The number of carbonyl (C=O) groups is 3. The van der Waals surface area contributed by atoms with Gasteiger partial charge in [-0.2, -0.15) is 0 Å². The predicted octanol–water partition coefficient (Wildman–Crippen LogP) is 0.814. The SMILES string of the molecule is C=C(C)C(=O)OC(CCCC(=O)O)C(=O)O. The van der Waals surface area contributed by atoms with Crippen molar-refractivity contribution in [3.05, 3.63) is 12.2 Å². The molecule has 90 valence electrons. The lowest BCUT2D eigenvalue weighted by atomic mass is 10.1. The van der Waals surface area contributed by atoms with Crippen LogP contribution in [-0.4, -0.2) is 34.2 Å². The van der Waals surface area contributed by atoms with Crippen LogP contribution in [0.1, 0.15) is 26.2 Å². The Bertz CT molecular complexity index is 306. The fourth-order valence-corrected chi connectivity index (χ4v) is 0.901. The van der Waals surface area contributed by atoms with Gasteiger partial charge >= 0.3 is 17.9 Å². The summed E-state index contributed by atoms with van der Waals surface area (Å²) in [5.74, 6) is -3.10. The highest BCUT2D eigenvalue weighted by molar-refractivity contribution is 5.89. The molecule has 0 radical (unpaired) electrons. The molecule has 0 aromatic heterocycles. The van der Waals surface area contributed by atoms with E-state index >= 15 is 0 Å². The van der Waals surface area contributed by atoms with Gasteiger partial charge < -0.3 is 14.9 Å². The van der Waals surface area contributed by atoms with Gasteiger partial charge in [-0.05, 0) is 19.8 Å². The van der Waals surface area contributed by atoms with Crippen LogP contribution in [-0.2, 0) is 19.1 Å². The first-order chi connectivity index (χ1) is 7.34.